The number of nitrogens with zero attached hydrogens (tertiary/aromatic N) is 1. The predicted octanol–water partition coefficient (Wildman–Crippen LogP) is -0.709. The van der Waals surface area contributed by atoms with Crippen LogP contribution in [0.15, 0.2) is 0 Å². The van der Waals surface area contributed by atoms with E-state index in [-0.39, 0.29) is 18.6 Å². The molecule has 1 aliphatic heterocycles. The third-order valence-corrected chi connectivity index (χ3v) is 2.13. The fourth-order valence-corrected chi connectivity index (χ4v) is 1.38. The van der Waals surface area contributed by atoms with Gasteiger partial charge in [0.1, 0.15) is 0 Å². The average Bonchev–Trinajstić information content (AvgIpc) is 1.94. The maximum Gasteiger partial charge on any atom is 0.0614 e. The van der Waals surface area contributed by atoms with Gasteiger partial charge in [-0.05, 0) is 13.5 Å². The van der Waals surface area contributed by atoms with Crippen LogP contribution in [0.25, 0.3) is 0 Å². The molecule has 0 bridgehead atoms. The summed E-state index contributed by atoms with van der Waals surface area (Å²) >= 11 is 0. The van der Waals surface area contributed by atoms with Crippen molar-refractivity contribution < 1.29 is 10.2 Å². The zero-order valence-electron chi connectivity index (χ0n) is 6.32. The molecular formula is C7H15NO2. The van der Waals surface area contributed by atoms with Crippen LogP contribution in [-0.4, -0.2) is 48.0 Å². The van der Waals surface area contributed by atoms with Crippen LogP contribution in [0.2, 0.25) is 0 Å². The van der Waals surface area contributed by atoms with Crippen LogP contribution in [0.5, 0.6) is 0 Å². The van der Waals surface area contributed by atoms with Crippen molar-refractivity contribution in [1.82, 2.24) is 4.90 Å². The van der Waals surface area contributed by atoms with Crippen LogP contribution in [0.4, 0.5) is 0 Å². The van der Waals surface area contributed by atoms with Gasteiger partial charge in [-0.15, -0.1) is 0 Å². The van der Waals surface area contributed by atoms with Crippen LogP contribution in [0.1, 0.15) is 6.42 Å². The van der Waals surface area contributed by atoms with E-state index in [1.54, 1.807) is 0 Å². The second-order valence-corrected chi connectivity index (χ2v) is 3.06. The number of hydrogen-bond donors (Lipinski definition) is 2. The molecule has 10 heavy (non-hydrogen) atoms. The van der Waals surface area contributed by atoms with Crippen LogP contribution >= 0.6 is 0 Å². The highest BCUT2D eigenvalue weighted by Crippen LogP contribution is 2.14. The lowest BCUT2D eigenvalue weighted by Crippen LogP contribution is -2.42. The highest BCUT2D eigenvalue weighted by Gasteiger charge is 2.24. The van der Waals surface area contributed by atoms with Crippen molar-refractivity contribution in [2.45, 2.75) is 12.5 Å². The van der Waals surface area contributed by atoms with E-state index in [1.807, 2.05) is 7.05 Å². The third-order valence-electron chi connectivity index (χ3n) is 2.13. The van der Waals surface area contributed by atoms with E-state index in [2.05, 4.69) is 4.90 Å². The summed E-state index contributed by atoms with van der Waals surface area (Å²) in [5.74, 6) is 0.0683. The number of likely N-dealkylation sites (tertiary alicyclic amines) is 1. The quantitative estimate of drug-likeness (QED) is 0.512. The first-order chi connectivity index (χ1) is 4.74. The number of hydrogen-bond acceptors (Lipinski definition) is 3. The first-order valence-electron chi connectivity index (χ1n) is 3.71. The molecule has 3 nitrogen and oxygen atoms in total. The molecule has 2 atom stereocenters. The van der Waals surface area contributed by atoms with Crippen molar-refractivity contribution >= 4 is 0 Å². The Morgan fingerprint density at radius 1 is 1.60 bits per heavy atom. The molecule has 1 aliphatic rings. The summed E-state index contributed by atoms with van der Waals surface area (Å²) in [5.41, 5.74) is 0. The standard InChI is InChI=1S/C7H15NO2/c1-8-3-2-7(10)6(4-8)5-9/h6-7,9-10H,2-5H2,1H3/t6-,7-/m0/s1. The number of piperidine rings is 1. The Labute approximate surface area is 61.3 Å². The first kappa shape index (κ1) is 7.98. The van der Waals surface area contributed by atoms with Crippen molar-refractivity contribution in [2.75, 3.05) is 26.7 Å². The van der Waals surface area contributed by atoms with Gasteiger partial charge in [-0.2, -0.15) is 0 Å². The van der Waals surface area contributed by atoms with E-state index in [1.165, 1.54) is 0 Å². The van der Waals surface area contributed by atoms with Gasteiger partial charge in [0, 0.05) is 25.6 Å². The Morgan fingerprint density at radius 3 is 2.80 bits per heavy atom. The molecule has 0 unspecified atom stereocenters. The monoisotopic (exact) mass is 145 g/mol. The van der Waals surface area contributed by atoms with Crippen LogP contribution in [0, 0.1) is 5.92 Å². The van der Waals surface area contributed by atoms with Gasteiger partial charge in [-0.1, -0.05) is 0 Å². The number of aliphatic hydroxyl groups excluding tert-OH is 2. The predicted molar refractivity (Wildman–Crippen MR) is 38.7 cm³/mol. The minimum absolute atomic E-state index is 0.0683. The van der Waals surface area contributed by atoms with E-state index < -0.39 is 0 Å². The summed E-state index contributed by atoms with van der Waals surface area (Å²) in [6, 6.07) is 0. The van der Waals surface area contributed by atoms with Crippen molar-refractivity contribution in [3.63, 3.8) is 0 Å². The molecule has 0 aromatic heterocycles. The van der Waals surface area contributed by atoms with Gasteiger partial charge in [0.05, 0.1) is 6.10 Å². The Morgan fingerprint density at radius 2 is 2.30 bits per heavy atom. The van der Waals surface area contributed by atoms with Crippen LogP contribution in [-0.2, 0) is 0 Å². The maximum absolute atomic E-state index is 9.30. The maximum atomic E-state index is 9.30. The summed E-state index contributed by atoms with van der Waals surface area (Å²) in [7, 11) is 2.01. The summed E-state index contributed by atoms with van der Waals surface area (Å²) in [4.78, 5) is 2.13. The summed E-state index contributed by atoms with van der Waals surface area (Å²) in [6.07, 6.45) is 0.503. The van der Waals surface area contributed by atoms with Crippen LogP contribution in [0.3, 0.4) is 0 Å². The van der Waals surface area contributed by atoms with Gasteiger partial charge >= 0.3 is 0 Å². The summed E-state index contributed by atoms with van der Waals surface area (Å²) < 4.78 is 0. The van der Waals surface area contributed by atoms with Crippen molar-refractivity contribution in [3.05, 3.63) is 0 Å². The largest absolute Gasteiger partial charge is 0.396 e. The molecule has 0 radical (unpaired) electrons. The van der Waals surface area contributed by atoms with Gasteiger partial charge in [-0.25, -0.2) is 0 Å². The van der Waals surface area contributed by atoms with E-state index in [0.717, 1.165) is 19.5 Å². The highest BCUT2D eigenvalue weighted by atomic mass is 16.3. The lowest BCUT2D eigenvalue weighted by molar-refractivity contribution is 0.00843. The smallest absolute Gasteiger partial charge is 0.0614 e. The molecule has 2 N–H and O–H groups in total. The lowest BCUT2D eigenvalue weighted by atomic mass is 9.96. The highest BCUT2D eigenvalue weighted by molar-refractivity contribution is 4.77. The lowest BCUT2D eigenvalue weighted by Gasteiger charge is -2.32. The molecule has 3 heteroatoms. The Balaban J connectivity index is 2.38. The van der Waals surface area contributed by atoms with E-state index >= 15 is 0 Å². The van der Waals surface area contributed by atoms with Crippen molar-refractivity contribution in [2.24, 2.45) is 5.92 Å². The molecule has 0 aromatic carbocycles. The van der Waals surface area contributed by atoms with Gasteiger partial charge in [0.15, 0.2) is 0 Å². The number of aliphatic hydroxyl groups is 2. The summed E-state index contributed by atoms with van der Waals surface area (Å²) in [6.45, 7) is 1.86. The molecule has 1 rings (SSSR count). The Kier molecular flexibility index (Phi) is 2.65. The Bertz CT molecular complexity index is 108. The zero-order chi connectivity index (χ0) is 7.56. The second-order valence-electron chi connectivity index (χ2n) is 3.06. The van der Waals surface area contributed by atoms with Crippen LogP contribution < -0.4 is 0 Å². The minimum atomic E-state index is -0.291. The summed E-state index contributed by atoms with van der Waals surface area (Å²) in [5, 5.41) is 18.1. The molecule has 60 valence electrons. The molecule has 0 spiro atoms. The molecule has 1 saturated heterocycles. The minimum Gasteiger partial charge on any atom is -0.396 e. The fourth-order valence-electron chi connectivity index (χ4n) is 1.38. The first-order valence-corrected chi connectivity index (χ1v) is 3.71. The molecule has 0 aromatic rings. The molecular weight excluding hydrogens is 130 g/mol. The average molecular weight is 145 g/mol. The van der Waals surface area contributed by atoms with E-state index in [9.17, 15) is 5.11 Å². The normalized spacial score (nSPS) is 36.3. The van der Waals surface area contributed by atoms with Crippen molar-refractivity contribution in [3.8, 4) is 0 Å². The zero-order valence-corrected chi connectivity index (χ0v) is 6.32. The second kappa shape index (κ2) is 3.32. The topological polar surface area (TPSA) is 43.7 Å². The molecule has 0 saturated carbocycles. The Hall–Kier alpha value is -0.120. The van der Waals surface area contributed by atoms with Gasteiger partial charge in [0.25, 0.3) is 0 Å². The number of rotatable bonds is 1. The third kappa shape index (κ3) is 1.68. The van der Waals surface area contributed by atoms with E-state index in [4.69, 9.17) is 5.11 Å². The molecule has 1 fully saturated rings. The van der Waals surface area contributed by atoms with Gasteiger partial charge in [0.2, 0.25) is 0 Å². The van der Waals surface area contributed by atoms with Gasteiger partial charge in [-0.3, -0.25) is 0 Å². The fraction of sp³-hybridized carbons (Fsp3) is 1.00. The SMILES string of the molecule is CN1CC[C@H](O)[C@H](CO)C1. The molecule has 1 heterocycles. The molecule has 0 aliphatic carbocycles. The van der Waals surface area contributed by atoms with Gasteiger partial charge < -0.3 is 15.1 Å². The molecule has 0 amide bonds. The van der Waals surface area contributed by atoms with E-state index in [0.29, 0.717) is 0 Å². The van der Waals surface area contributed by atoms with Crippen molar-refractivity contribution in [1.29, 1.82) is 0 Å².